The van der Waals surface area contributed by atoms with E-state index in [2.05, 4.69) is 398 Å². The van der Waals surface area contributed by atoms with Crippen molar-refractivity contribution in [1.82, 2.24) is 0 Å². The van der Waals surface area contributed by atoms with E-state index in [9.17, 15) is 0 Å². The molecule has 0 saturated carbocycles. The van der Waals surface area contributed by atoms with Gasteiger partial charge in [0, 0.05) is 34.1 Å². The minimum atomic E-state index is 1.09. The minimum Gasteiger partial charge on any atom is -0.311 e. The van der Waals surface area contributed by atoms with E-state index in [4.69, 9.17) is 0 Å². The lowest BCUT2D eigenvalue weighted by Crippen LogP contribution is -2.09. The first-order valence-corrected chi connectivity index (χ1v) is 31.6. The van der Waals surface area contributed by atoms with Gasteiger partial charge in [-0.05, 0) is 183 Å². The number of hydrogen-bond donors (Lipinski definition) is 0. The van der Waals surface area contributed by atoms with Gasteiger partial charge in [0.1, 0.15) is 0 Å². The van der Waals surface area contributed by atoms with E-state index in [0.717, 1.165) is 89.8 Å². The Bertz CT molecular complexity index is 4570. The second-order valence-electron chi connectivity index (χ2n) is 23.1. The van der Waals surface area contributed by atoms with Crippen molar-refractivity contribution in [2.45, 2.75) is 0 Å². The normalized spacial score (nSPS) is 11.8. The van der Waals surface area contributed by atoms with E-state index in [0.29, 0.717) is 0 Å². The van der Waals surface area contributed by atoms with Crippen LogP contribution in [-0.4, -0.2) is 0 Å². The summed E-state index contributed by atoms with van der Waals surface area (Å²) in [6.45, 7) is 0. The zero-order valence-corrected chi connectivity index (χ0v) is 50.8. The summed E-state index contributed by atoms with van der Waals surface area (Å²) in [6.07, 6.45) is 0. The molecule has 2 heteroatoms. The highest BCUT2D eigenvalue weighted by atomic mass is 15.1. The zero-order valence-electron chi connectivity index (χ0n) is 50.8. The molecule has 0 N–H and O–H groups in total. The molecule has 15 aromatic carbocycles. The molecule has 0 spiro atoms. The largest absolute Gasteiger partial charge is 0.311 e. The Morgan fingerprint density at radius 2 is 0.304 bits per heavy atom. The molecule has 0 heterocycles. The van der Waals surface area contributed by atoms with Crippen LogP contribution < -0.4 is 9.80 Å². The van der Waals surface area contributed by atoms with Crippen LogP contribution in [0.3, 0.4) is 0 Å². The summed E-state index contributed by atoms with van der Waals surface area (Å²) < 4.78 is 0. The Morgan fingerprint density at radius 1 is 0.141 bits per heavy atom. The van der Waals surface area contributed by atoms with Crippen molar-refractivity contribution in [2.75, 3.05) is 9.80 Å². The molecular formula is C90H64N2. The summed E-state index contributed by atoms with van der Waals surface area (Å²) in [5.41, 5.74) is 25.2. The number of benzene rings is 15. The van der Waals surface area contributed by atoms with Crippen LogP contribution in [0.4, 0.5) is 34.1 Å². The van der Waals surface area contributed by atoms with Gasteiger partial charge in [0.25, 0.3) is 0 Å². The second kappa shape index (κ2) is 25.9. The number of para-hydroxylation sites is 4. The average Bonchev–Trinajstić information content (AvgIpc) is 0.787. The fourth-order valence-electron chi connectivity index (χ4n) is 13.4. The maximum atomic E-state index is 2.34. The molecule has 0 aliphatic rings. The van der Waals surface area contributed by atoms with Crippen LogP contribution in [0.2, 0.25) is 0 Å². The summed E-state index contributed by atoms with van der Waals surface area (Å²) in [5, 5.41) is 4.83. The maximum absolute atomic E-state index is 2.34. The molecule has 434 valence electrons. The van der Waals surface area contributed by atoms with Crippen LogP contribution in [-0.2, 0) is 0 Å². The summed E-state index contributed by atoms with van der Waals surface area (Å²) >= 11 is 0. The highest BCUT2D eigenvalue weighted by Crippen LogP contribution is 2.47. The number of rotatable bonds is 16. The van der Waals surface area contributed by atoms with Crippen molar-refractivity contribution in [3.8, 4) is 22.3 Å². The number of anilines is 6. The second-order valence-corrected chi connectivity index (χ2v) is 23.1. The first kappa shape index (κ1) is 56.4. The number of hydrogen-bond acceptors (Lipinski definition) is 2. The monoisotopic (exact) mass is 1170 g/mol. The summed E-state index contributed by atoms with van der Waals surface area (Å²) in [5.74, 6) is 0. The van der Waals surface area contributed by atoms with Crippen LogP contribution in [0.25, 0.3) is 66.1 Å². The molecule has 0 unspecified atom stereocenters. The summed E-state index contributed by atoms with van der Waals surface area (Å²) in [7, 11) is 0. The fraction of sp³-hybridized carbons (Fsp3) is 0. The Kier molecular flexibility index (Phi) is 15.9. The predicted molar refractivity (Wildman–Crippen MR) is 390 cm³/mol. The van der Waals surface area contributed by atoms with E-state index in [1.54, 1.807) is 0 Å². The summed E-state index contributed by atoms with van der Waals surface area (Å²) in [6, 6.07) is 141. The van der Waals surface area contributed by atoms with E-state index in [-0.39, 0.29) is 0 Å². The highest BCUT2D eigenvalue weighted by Gasteiger charge is 2.23. The quantitative estimate of drug-likeness (QED) is 0.0703. The van der Waals surface area contributed by atoms with Gasteiger partial charge in [-0.1, -0.05) is 315 Å². The molecule has 0 fully saturated rings. The van der Waals surface area contributed by atoms with Gasteiger partial charge >= 0.3 is 0 Å². The number of fused-ring (bicyclic) bond motifs is 2. The molecule has 92 heavy (non-hydrogen) atoms. The molecule has 0 atom stereocenters. The van der Waals surface area contributed by atoms with Crippen molar-refractivity contribution in [3.63, 3.8) is 0 Å². The average molecular weight is 1170 g/mol. The smallest absolute Gasteiger partial charge is 0.0462 e. The van der Waals surface area contributed by atoms with Gasteiger partial charge in [0.05, 0.1) is 0 Å². The van der Waals surface area contributed by atoms with Crippen LogP contribution in [0.1, 0.15) is 44.5 Å². The van der Waals surface area contributed by atoms with Crippen LogP contribution in [0.5, 0.6) is 0 Å². The number of nitrogens with zero attached hydrogens (tertiary/aromatic N) is 2. The van der Waals surface area contributed by atoms with Gasteiger partial charge in [-0.2, -0.15) is 0 Å². The Labute approximate surface area is 539 Å². The molecule has 15 aromatic rings. The maximum Gasteiger partial charge on any atom is 0.0462 e. The molecule has 0 radical (unpaired) electrons. The van der Waals surface area contributed by atoms with Crippen molar-refractivity contribution in [2.24, 2.45) is 0 Å². The molecule has 0 bridgehead atoms. The molecule has 15 rings (SSSR count). The SMILES string of the molecule is c1ccc(C(=C(c2ccccc2)c2ccc(N(c3ccccc3)c3ccccc3)cc2)c2ccc(-c3c4ccccc4c(-c4ccc(C(=C(c5ccccc5)c5ccc(N(c6ccccc6)c6ccccc6)cc5)c5ccccc5)cc4)c4ccccc34)cc2)cc1. The lowest BCUT2D eigenvalue weighted by molar-refractivity contribution is 1.28. The Balaban J connectivity index is 0.835. The van der Waals surface area contributed by atoms with Crippen LogP contribution >= 0.6 is 0 Å². The van der Waals surface area contributed by atoms with Gasteiger partial charge in [0.2, 0.25) is 0 Å². The van der Waals surface area contributed by atoms with Gasteiger partial charge in [-0.3, -0.25) is 0 Å². The van der Waals surface area contributed by atoms with E-state index in [1.807, 2.05) is 0 Å². The first-order valence-electron chi connectivity index (χ1n) is 31.6. The lowest BCUT2D eigenvalue weighted by atomic mass is 9.83. The molecule has 0 aromatic heterocycles. The van der Waals surface area contributed by atoms with Gasteiger partial charge in [-0.15, -0.1) is 0 Å². The topological polar surface area (TPSA) is 6.48 Å². The molecule has 2 nitrogen and oxygen atoms in total. The summed E-state index contributed by atoms with van der Waals surface area (Å²) in [4.78, 5) is 4.64. The Morgan fingerprint density at radius 3 is 0.522 bits per heavy atom. The van der Waals surface area contributed by atoms with Crippen molar-refractivity contribution in [3.05, 3.63) is 433 Å². The van der Waals surface area contributed by atoms with E-state index < -0.39 is 0 Å². The first-order chi connectivity index (χ1) is 45.7. The van der Waals surface area contributed by atoms with Crippen molar-refractivity contribution >= 4 is 78.0 Å². The third kappa shape index (κ3) is 11.3. The lowest BCUT2D eigenvalue weighted by Gasteiger charge is -2.26. The van der Waals surface area contributed by atoms with E-state index in [1.165, 1.54) is 55.0 Å². The molecule has 0 aliphatic carbocycles. The minimum absolute atomic E-state index is 1.09. The fourth-order valence-corrected chi connectivity index (χ4v) is 13.4. The highest BCUT2D eigenvalue weighted by molar-refractivity contribution is 6.21. The zero-order chi connectivity index (χ0) is 61.4. The molecular weight excluding hydrogens is 1110 g/mol. The third-order valence-corrected chi connectivity index (χ3v) is 17.5. The van der Waals surface area contributed by atoms with Crippen molar-refractivity contribution in [1.29, 1.82) is 0 Å². The van der Waals surface area contributed by atoms with Crippen LogP contribution in [0, 0.1) is 0 Å². The van der Waals surface area contributed by atoms with Crippen LogP contribution in [0.15, 0.2) is 388 Å². The third-order valence-electron chi connectivity index (χ3n) is 17.5. The Hall–Kier alpha value is -12.1. The van der Waals surface area contributed by atoms with E-state index >= 15 is 0 Å². The van der Waals surface area contributed by atoms with Crippen molar-refractivity contribution < 1.29 is 0 Å². The molecule has 0 aliphatic heterocycles. The van der Waals surface area contributed by atoms with Gasteiger partial charge < -0.3 is 9.80 Å². The van der Waals surface area contributed by atoms with Gasteiger partial charge in [0.15, 0.2) is 0 Å². The predicted octanol–water partition coefficient (Wildman–Crippen LogP) is 24.3. The van der Waals surface area contributed by atoms with Gasteiger partial charge in [-0.25, -0.2) is 0 Å². The molecule has 0 saturated heterocycles. The standard InChI is InChI=1S/C90H64N2/c1-9-29-65(30-10-1)85(87(67-33-13-3-14-34-67)71-57-61-79(62-58-71)91(75-37-17-5-18-38-75)76-39-19-6-20-40-76)69-49-53-73(54-50-69)89-81-45-25-27-47-83(81)90(84-48-28-26-46-82(84)89)74-55-51-70(52-56-74)86(66-31-11-2-12-32-66)88(68-35-15-4-16-36-68)72-59-63-80(64-60-72)92(77-41-21-7-22-42-77)78-43-23-8-24-44-78/h1-64H. The molecule has 0 amide bonds.